The molecule has 0 aromatic heterocycles. The fourth-order valence-corrected chi connectivity index (χ4v) is 2.72. The summed E-state index contributed by atoms with van der Waals surface area (Å²) in [6.07, 6.45) is 0.338. The number of aliphatic hydroxyl groups is 1. The minimum atomic E-state index is -1.15. The second kappa shape index (κ2) is 9.07. The van der Waals surface area contributed by atoms with Crippen molar-refractivity contribution in [2.24, 2.45) is 0 Å². The number of nitrogens with one attached hydrogen (secondary N) is 2. The predicted molar refractivity (Wildman–Crippen MR) is 98.7 cm³/mol. The van der Waals surface area contributed by atoms with Crippen molar-refractivity contribution in [3.63, 3.8) is 0 Å². The highest BCUT2D eigenvalue weighted by atomic mass is 127. The van der Waals surface area contributed by atoms with E-state index in [-0.39, 0.29) is 24.5 Å². The highest BCUT2D eigenvalue weighted by Crippen LogP contribution is 2.28. The molecule has 0 unspecified atom stereocenters. The summed E-state index contributed by atoms with van der Waals surface area (Å²) >= 11 is 2.14. The van der Waals surface area contributed by atoms with Gasteiger partial charge in [0.25, 0.3) is 5.91 Å². The molecule has 2 aromatic rings. The minimum Gasteiger partial charge on any atom is -0.396 e. The second-order valence-electron chi connectivity index (χ2n) is 5.22. The number of hydrogen-bond donors (Lipinski definition) is 3. The van der Waals surface area contributed by atoms with Crippen LogP contribution in [0.4, 0.5) is 20.2 Å². The molecule has 0 saturated carbocycles. The lowest BCUT2D eigenvalue weighted by molar-refractivity contribution is 0.0262. The number of aryl methyl sites for hydroxylation is 1. The average Bonchev–Trinajstić information content (AvgIpc) is 2.58. The fourth-order valence-electron chi connectivity index (χ4n) is 2.07. The molecule has 0 bridgehead atoms. The molecule has 0 heterocycles. The molecule has 3 N–H and O–H groups in total. The number of carbonyl (C=O) groups excluding carboxylic acids is 1. The maximum atomic E-state index is 14.3. The predicted octanol–water partition coefficient (Wildman–Crippen LogP) is 3.67. The van der Waals surface area contributed by atoms with Gasteiger partial charge in [0, 0.05) is 15.9 Å². The van der Waals surface area contributed by atoms with Gasteiger partial charge in [0.2, 0.25) is 0 Å². The molecule has 5 nitrogen and oxygen atoms in total. The normalized spacial score (nSPS) is 10.6. The van der Waals surface area contributed by atoms with Gasteiger partial charge in [-0.1, -0.05) is 0 Å². The molecular weight excluding hydrogens is 445 g/mol. The summed E-state index contributed by atoms with van der Waals surface area (Å²) in [7, 11) is 0. The van der Waals surface area contributed by atoms with Gasteiger partial charge in [-0.2, -0.15) is 0 Å². The first-order valence-corrected chi connectivity index (χ1v) is 8.56. The van der Waals surface area contributed by atoms with E-state index < -0.39 is 17.5 Å². The van der Waals surface area contributed by atoms with Crippen LogP contribution in [-0.4, -0.2) is 24.2 Å². The number of amides is 1. The van der Waals surface area contributed by atoms with Crippen molar-refractivity contribution in [2.45, 2.75) is 13.3 Å². The highest BCUT2D eigenvalue weighted by Gasteiger charge is 2.19. The Hall–Kier alpha value is -1.78. The first kappa shape index (κ1) is 19.5. The number of halogens is 3. The maximum Gasteiger partial charge on any atom is 0.277 e. The van der Waals surface area contributed by atoms with E-state index in [1.807, 2.05) is 19.1 Å². The SMILES string of the molecule is Cc1cc(I)ccc1Nc1c(C(=O)NOCCCO)ccc(F)c1F. The molecule has 2 aromatic carbocycles. The molecule has 25 heavy (non-hydrogen) atoms. The number of aliphatic hydroxyl groups excluding tert-OH is 1. The summed E-state index contributed by atoms with van der Waals surface area (Å²) in [5, 5.41) is 11.5. The molecule has 1 amide bonds. The molecule has 0 saturated heterocycles. The maximum absolute atomic E-state index is 14.3. The monoisotopic (exact) mass is 462 g/mol. The number of benzene rings is 2. The van der Waals surface area contributed by atoms with Crippen molar-refractivity contribution >= 4 is 39.9 Å². The van der Waals surface area contributed by atoms with Gasteiger partial charge in [-0.05, 0) is 71.8 Å². The highest BCUT2D eigenvalue weighted by molar-refractivity contribution is 14.1. The van der Waals surface area contributed by atoms with Gasteiger partial charge in [0.15, 0.2) is 11.6 Å². The number of hydroxylamine groups is 1. The molecule has 0 atom stereocenters. The number of carbonyl (C=O) groups is 1. The largest absolute Gasteiger partial charge is 0.396 e. The third-order valence-corrected chi connectivity index (χ3v) is 4.03. The molecule has 134 valence electrons. The van der Waals surface area contributed by atoms with E-state index in [1.165, 1.54) is 6.07 Å². The molecule has 0 aliphatic heterocycles. The third kappa shape index (κ3) is 5.10. The van der Waals surface area contributed by atoms with E-state index in [4.69, 9.17) is 9.94 Å². The summed E-state index contributed by atoms with van der Waals surface area (Å²) in [4.78, 5) is 17.1. The zero-order valence-corrected chi connectivity index (χ0v) is 15.6. The van der Waals surface area contributed by atoms with Crippen molar-refractivity contribution in [3.05, 3.63) is 56.7 Å². The van der Waals surface area contributed by atoms with Crippen molar-refractivity contribution in [3.8, 4) is 0 Å². The van der Waals surface area contributed by atoms with E-state index in [1.54, 1.807) is 6.07 Å². The Kier molecular flexibility index (Phi) is 7.09. The lowest BCUT2D eigenvalue weighted by atomic mass is 10.1. The Labute approximate surface area is 157 Å². The van der Waals surface area contributed by atoms with Crippen LogP contribution in [0, 0.1) is 22.1 Å². The molecule has 8 heteroatoms. The topological polar surface area (TPSA) is 70.6 Å². The zero-order chi connectivity index (χ0) is 18.4. The van der Waals surface area contributed by atoms with E-state index in [0.29, 0.717) is 12.1 Å². The summed E-state index contributed by atoms with van der Waals surface area (Å²) in [6.45, 7) is 1.84. The molecule has 0 aliphatic rings. The van der Waals surface area contributed by atoms with E-state index in [0.717, 1.165) is 15.2 Å². The Morgan fingerprint density at radius 1 is 1.28 bits per heavy atom. The van der Waals surface area contributed by atoms with Crippen LogP contribution in [0.3, 0.4) is 0 Å². The Bertz CT molecular complexity index is 772. The molecular formula is C17H17F2IN2O3. The molecule has 0 spiro atoms. The summed E-state index contributed by atoms with van der Waals surface area (Å²) < 4.78 is 28.9. The Morgan fingerprint density at radius 3 is 2.72 bits per heavy atom. The molecule has 0 fully saturated rings. The molecule has 2 rings (SSSR count). The van der Waals surface area contributed by atoms with Gasteiger partial charge in [-0.25, -0.2) is 14.3 Å². The van der Waals surface area contributed by atoms with Crippen molar-refractivity contribution in [2.75, 3.05) is 18.5 Å². The van der Waals surface area contributed by atoms with Gasteiger partial charge in [0.05, 0.1) is 17.9 Å². The van der Waals surface area contributed by atoms with Gasteiger partial charge in [-0.15, -0.1) is 0 Å². The standard InChI is InChI=1S/C17H17F2IN2O3/c1-10-9-11(20)3-6-14(10)21-16-12(4-5-13(18)15(16)19)17(24)22-25-8-2-7-23/h3-6,9,21,23H,2,7-8H2,1H3,(H,22,24). The van der Waals surface area contributed by atoms with Crippen molar-refractivity contribution in [1.82, 2.24) is 5.48 Å². The second-order valence-corrected chi connectivity index (χ2v) is 6.47. The van der Waals surface area contributed by atoms with Crippen LogP contribution in [0.5, 0.6) is 0 Å². The van der Waals surface area contributed by atoms with Crippen LogP contribution >= 0.6 is 22.6 Å². The van der Waals surface area contributed by atoms with Crippen LogP contribution in [0.2, 0.25) is 0 Å². The van der Waals surface area contributed by atoms with Gasteiger partial charge in [0.1, 0.15) is 0 Å². The van der Waals surface area contributed by atoms with Crippen LogP contribution in [0.15, 0.2) is 30.3 Å². The number of rotatable bonds is 7. The number of anilines is 2. The summed E-state index contributed by atoms with van der Waals surface area (Å²) in [5.41, 5.74) is 3.16. The van der Waals surface area contributed by atoms with E-state index in [9.17, 15) is 13.6 Å². The van der Waals surface area contributed by atoms with Gasteiger partial charge < -0.3 is 10.4 Å². The van der Waals surface area contributed by atoms with E-state index in [2.05, 4.69) is 33.4 Å². The van der Waals surface area contributed by atoms with Gasteiger partial charge >= 0.3 is 0 Å². The first-order valence-electron chi connectivity index (χ1n) is 7.48. The van der Waals surface area contributed by atoms with Crippen molar-refractivity contribution < 1.29 is 23.5 Å². The average molecular weight is 462 g/mol. The lowest BCUT2D eigenvalue weighted by Gasteiger charge is -2.15. The Balaban J connectivity index is 2.29. The van der Waals surface area contributed by atoms with Crippen LogP contribution < -0.4 is 10.8 Å². The first-order chi connectivity index (χ1) is 11.9. The van der Waals surface area contributed by atoms with Gasteiger partial charge in [-0.3, -0.25) is 9.63 Å². The minimum absolute atomic E-state index is 0.0834. The molecule has 0 radical (unpaired) electrons. The Morgan fingerprint density at radius 2 is 2.04 bits per heavy atom. The fraction of sp³-hybridized carbons (Fsp3) is 0.235. The quantitative estimate of drug-likeness (QED) is 0.334. The zero-order valence-electron chi connectivity index (χ0n) is 13.4. The van der Waals surface area contributed by atoms with Crippen molar-refractivity contribution in [1.29, 1.82) is 0 Å². The van der Waals surface area contributed by atoms with Crippen LogP contribution in [-0.2, 0) is 4.84 Å². The van der Waals surface area contributed by atoms with Crippen LogP contribution in [0.25, 0.3) is 0 Å². The summed E-state index contributed by atoms with van der Waals surface area (Å²) in [6, 6.07) is 7.46. The lowest BCUT2D eigenvalue weighted by Crippen LogP contribution is -2.25. The van der Waals surface area contributed by atoms with Crippen LogP contribution in [0.1, 0.15) is 22.3 Å². The molecule has 0 aliphatic carbocycles. The smallest absolute Gasteiger partial charge is 0.277 e. The van der Waals surface area contributed by atoms with E-state index >= 15 is 0 Å². The number of hydrogen-bond acceptors (Lipinski definition) is 4. The third-order valence-electron chi connectivity index (χ3n) is 3.36. The summed E-state index contributed by atoms with van der Waals surface area (Å²) in [5.74, 6) is -2.94.